The Morgan fingerprint density at radius 3 is 2.31 bits per heavy atom. The van der Waals surface area contributed by atoms with Crippen molar-refractivity contribution in [3.05, 3.63) is 35.9 Å². The van der Waals surface area contributed by atoms with Gasteiger partial charge in [-0.05, 0) is 18.4 Å². The highest BCUT2D eigenvalue weighted by molar-refractivity contribution is 5.75. The van der Waals surface area contributed by atoms with Crippen LogP contribution in [0.15, 0.2) is 35.3 Å². The first-order chi connectivity index (χ1) is 7.73. The molecule has 4 N–H and O–H groups in total. The molecule has 0 spiro atoms. The van der Waals surface area contributed by atoms with E-state index in [1.807, 2.05) is 6.07 Å². The lowest BCUT2D eigenvalue weighted by atomic mass is 9.79. The van der Waals surface area contributed by atoms with Crippen LogP contribution >= 0.6 is 0 Å². The van der Waals surface area contributed by atoms with Gasteiger partial charge in [0.05, 0.1) is 6.54 Å². The van der Waals surface area contributed by atoms with Crippen molar-refractivity contribution in [1.29, 1.82) is 0 Å². The highest BCUT2D eigenvalue weighted by Crippen LogP contribution is 2.41. The normalized spacial score (nSPS) is 18.2. The maximum Gasteiger partial charge on any atom is 0.185 e. The van der Waals surface area contributed by atoms with E-state index in [1.165, 1.54) is 31.2 Å². The van der Waals surface area contributed by atoms with Gasteiger partial charge in [0.25, 0.3) is 0 Å². The maximum absolute atomic E-state index is 5.44. The molecule has 0 saturated heterocycles. The summed E-state index contributed by atoms with van der Waals surface area (Å²) >= 11 is 0. The fraction of sp³-hybridized carbons (Fsp3) is 0.462. The molecular weight excluding hydrogens is 198 g/mol. The van der Waals surface area contributed by atoms with Crippen molar-refractivity contribution < 1.29 is 0 Å². The first-order valence-electron chi connectivity index (χ1n) is 5.84. The summed E-state index contributed by atoms with van der Waals surface area (Å²) in [6.07, 6.45) is 4.92. The molecule has 1 aromatic rings. The summed E-state index contributed by atoms with van der Waals surface area (Å²) in [5.41, 5.74) is 12.4. The SMILES string of the molecule is NC(N)=NCC1(c2ccccc2)CCCC1. The summed E-state index contributed by atoms with van der Waals surface area (Å²) in [6.45, 7) is 0.722. The van der Waals surface area contributed by atoms with Crippen molar-refractivity contribution in [3.63, 3.8) is 0 Å². The van der Waals surface area contributed by atoms with Crippen LogP contribution in [0.1, 0.15) is 31.2 Å². The van der Waals surface area contributed by atoms with Crippen molar-refractivity contribution in [2.75, 3.05) is 6.54 Å². The Hall–Kier alpha value is -1.51. The highest BCUT2D eigenvalue weighted by atomic mass is 15.0. The molecule has 86 valence electrons. The standard InChI is InChI=1S/C13H19N3/c14-12(15)16-10-13(8-4-5-9-13)11-6-2-1-3-7-11/h1-3,6-7H,4-5,8-10H2,(H4,14,15,16). The van der Waals surface area contributed by atoms with E-state index < -0.39 is 0 Å². The van der Waals surface area contributed by atoms with Crippen molar-refractivity contribution in [1.82, 2.24) is 0 Å². The van der Waals surface area contributed by atoms with E-state index in [1.54, 1.807) is 0 Å². The summed E-state index contributed by atoms with van der Waals surface area (Å²) < 4.78 is 0. The van der Waals surface area contributed by atoms with Crippen LogP contribution in [0.5, 0.6) is 0 Å². The molecule has 0 heterocycles. The second kappa shape index (κ2) is 4.56. The average molecular weight is 217 g/mol. The molecule has 2 rings (SSSR count). The molecule has 1 aliphatic carbocycles. The molecule has 0 atom stereocenters. The Morgan fingerprint density at radius 2 is 1.75 bits per heavy atom. The Labute approximate surface area is 96.6 Å². The predicted octanol–water partition coefficient (Wildman–Crippen LogP) is 1.77. The molecule has 0 unspecified atom stereocenters. The van der Waals surface area contributed by atoms with Gasteiger partial charge in [-0.15, -0.1) is 0 Å². The molecule has 1 aromatic carbocycles. The van der Waals surface area contributed by atoms with Gasteiger partial charge in [-0.1, -0.05) is 43.2 Å². The third-order valence-corrected chi connectivity index (χ3v) is 3.51. The lowest BCUT2D eigenvalue weighted by Crippen LogP contribution is -2.30. The van der Waals surface area contributed by atoms with E-state index in [0.29, 0.717) is 0 Å². The van der Waals surface area contributed by atoms with Gasteiger partial charge in [-0.3, -0.25) is 4.99 Å². The van der Waals surface area contributed by atoms with E-state index >= 15 is 0 Å². The largest absolute Gasteiger partial charge is 0.370 e. The molecule has 1 fully saturated rings. The average Bonchev–Trinajstić information content (AvgIpc) is 2.78. The lowest BCUT2D eigenvalue weighted by Gasteiger charge is -2.27. The monoisotopic (exact) mass is 217 g/mol. The quantitative estimate of drug-likeness (QED) is 0.598. The topological polar surface area (TPSA) is 64.4 Å². The number of nitrogens with two attached hydrogens (primary N) is 2. The zero-order chi connectivity index (χ0) is 11.4. The number of rotatable bonds is 3. The van der Waals surface area contributed by atoms with E-state index in [9.17, 15) is 0 Å². The minimum Gasteiger partial charge on any atom is -0.370 e. The van der Waals surface area contributed by atoms with E-state index in [-0.39, 0.29) is 11.4 Å². The van der Waals surface area contributed by atoms with Crippen LogP contribution in [0.25, 0.3) is 0 Å². The number of guanidine groups is 1. The van der Waals surface area contributed by atoms with Crippen LogP contribution in [-0.4, -0.2) is 12.5 Å². The summed E-state index contributed by atoms with van der Waals surface area (Å²) in [6, 6.07) is 10.6. The molecule has 3 nitrogen and oxygen atoms in total. The molecule has 0 aliphatic heterocycles. The number of hydrogen-bond acceptors (Lipinski definition) is 1. The zero-order valence-electron chi connectivity index (χ0n) is 9.52. The summed E-state index contributed by atoms with van der Waals surface area (Å²) in [7, 11) is 0. The third-order valence-electron chi connectivity index (χ3n) is 3.51. The van der Waals surface area contributed by atoms with E-state index in [4.69, 9.17) is 11.5 Å². The minimum atomic E-state index is 0.172. The van der Waals surface area contributed by atoms with Crippen molar-refractivity contribution >= 4 is 5.96 Å². The Bertz CT molecular complexity index is 360. The Kier molecular flexibility index (Phi) is 3.13. The highest BCUT2D eigenvalue weighted by Gasteiger charge is 2.35. The van der Waals surface area contributed by atoms with Gasteiger partial charge in [-0.2, -0.15) is 0 Å². The van der Waals surface area contributed by atoms with E-state index in [2.05, 4.69) is 29.3 Å². The smallest absolute Gasteiger partial charge is 0.185 e. The molecule has 1 saturated carbocycles. The van der Waals surface area contributed by atoms with E-state index in [0.717, 1.165) is 6.54 Å². The first kappa shape index (κ1) is 11.0. The van der Waals surface area contributed by atoms with Crippen LogP contribution in [0.3, 0.4) is 0 Å². The molecule has 16 heavy (non-hydrogen) atoms. The molecular formula is C13H19N3. The predicted molar refractivity (Wildman–Crippen MR) is 67.3 cm³/mol. The maximum atomic E-state index is 5.44. The molecule has 0 radical (unpaired) electrons. The van der Waals surface area contributed by atoms with Gasteiger partial charge in [0.1, 0.15) is 0 Å². The fourth-order valence-electron chi connectivity index (χ4n) is 2.62. The van der Waals surface area contributed by atoms with Crippen LogP contribution in [-0.2, 0) is 5.41 Å². The zero-order valence-corrected chi connectivity index (χ0v) is 9.52. The summed E-state index contributed by atoms with van der Waals surface area (Å²) in [5.74, 6) is 0.196. The summed E-state index contributed by atoms with van der Waals surface area (Å²) in [5, 5.41) is 0. The summed E-state index contributed by atoms with van der Waals surface area (Å²) in [4.78, 5) is 4.23. The van der Waals surface area contributed by atoms with Crippen LogP contribution in [0.2, 0.25) is 0 Å². The number of hydrogen-bond donors (Lipinski definition) is 2. The number of nitrogens with zero attached hydrogens (tertiary/aromatic N) is 1. The van der Waals surface area contributed by atoms with Gasteiger partial charge in [-0.25, -0.2) is 0 Å². The number of benzene rings is 1. The molecule has 0 bridgehead atoms. The molecule has 0 amide bonds. The molecule has 1 aliphatic rings. The van der Waals surface area contributed by atoms with Crippen molar-refractivity contribution in [2.24, 2.45) is 16.5 Å². The van der Waals surface area contributed by atoms with Crippen LogP contribution in [0.4, 0.5) is 0 Å². The van der Waals surface area contributed by atoms with Crippen LogP contribution < -0.4 is 11.5 Å². The first-order valence-corrected chi connectivity index (χ1v) is 5.84. The molecule has 0 aromatic heterocycles. The van der Waals surface area contributed by atoms with Gasteiger partial charge >= 0.3 is 0 Å². The van der Waals surface area contributed by atoms with Gasteiger partial charge in [0.2, 0.25) is 0 Å². The fourth-order valence-corrected chi connectivity index (χ4v) is 2.62. The lowest BCUT2D eigenvalue weighted by molar-refractivity contribution is 0.454. The molecule has 3 heteroatoms. The van der Waals surface area contributed by atoms with Gasteiger partial charge in [0, 0.05) is 5.41 Å². The number of aliphatic imine (C=N–C) groups is 1. The van der Waals surface area contributed by atoms with Crippen molar-refractivity contribution in [2.45, 2.75) is 31.1 Å². The van der Waals surface area contributed by atoms with Crippen molar-refractivity contribution in [3.8, 4) is 0 Å². The van der Waals surface area contributed by atoms with Crippen LogP contribution in [0, 0.1) is 0 Å². The van der Waals surface area contributed by atoms with Gasteiger partial charge in [0.15, 0.2) is 5.96 Å². The Morgan fingerprint density at radius 1 is 1.12 bits per heavy atom. The third kappa shape index (κ3) is 2.18. The second-order valence-electron chi connectivity index (χ2n) is 4.59. The Balaban J connectivity index is 2.26. The second-order valence-corrected chi connectivity index (χ2v) is 4.59. The van der Waals surface area contributed by atoms with Gasteiger partial charge < -0.3 is 11.5 Å². The minimum absolute atomic E-state index is 0.172.